The van der Waals surface area contributed by atoms with Crippen molar-refractivity contribution in [2.45, 2.75) is 40.0 Å². The largest absolute Gasteiger partial charge is 0.293 e. The van der Waals surface area contributed by atoms with Gasteiger partial charge in [0, 0.05) is 18.2 Å². The standard InChI is InChI=1S/C10H16N2O/c1-4-6-8-9(5-2)11-12-10(8)7(3)13/h4-6H2,1-3H3,(H,11,12). The zero-order valence-corrected chi connectivity index (χ0v) is 8.48. The van der Waals surface area contributed by atoms with E-state index in [0.29, 0.717) is 5.69 Å². The monoisotopic (exact) mass is 180 g/mol. The lowest BCUT2D eigenvalue weighted by atomic mass is 10.0. The molecule has 1 aromatic heterocycles. The summed E-state index contributed by atoms with van der Waals surface area (Å²) in [6.45, 7) is 5.74. The number of rotatable bonds is 4. The first-order chi connectivity index (χ1) is 6.20. The van der Waals surface area contributed by atoms with Crippen molar-refractivity contribution in [3.05, 3.63) is 17.0 Å². The number of ketones is 1. The highest BCUT2D eigenvalue weighted by Gasteiger charge is 2.13. The van der Waals surface area contributed by atoms with Crippen LogP contribution in [-0.4, -0.2) is 16.0 Å². The molecule has 0 aromatic carbocycles. The van der Waals surface area contributed by atoms with Crippen LogP contribution in [0.15, 0.2) is 0 Å². The molecule has 1 N–H and O–H groups in total. The first-order valence-electron chi connectivity index (χ1n) is 4.77. The van der Waals surface area contributed by atoms with Gasteiger partial charge in [0.1, 0.15) is 5.69 Å². The van der Waals surface area contributed by atoms with Crippen molar-refractivity contribution >= 4 is 5.78 Å². The molecule has 1 aromatic rings. The summed E-state index contributed by atoms with van der Waals surface area (Å²) in [5.74, 6) is 0.0550. The minimum Gasteiger partial charge on any atom is -0.293 e. The molecule has 72 valence electrons. The lowest BCUT2D eigenvalue weighted by Crippen LogP contribution is -1.99. The normalized spacial score (nSPS) is 10.4. The number of carbonyl (C=O) groups excluding carboxylic acids is 1. The SMILES string of the molecule is CCCc1c(C(C)=O)n[nH]c1CC. The van der Waals surface area contributed by atoms with Crippen LogP contribution in [0.4, 0.5) is 0 Å². The van der Waals surface area contributed by atoms with Crippen molar-refractivity contribution in [3.63, 3.8) is 0 Å². The summed E-state index contributed by atoms with van der Waals surface area (Å²) < 4.78 is 0. The first-order valence-corrected chi connectivity index (χ1v) is 4.77. The van der Waals surface area contributed by atoms with Crippen LogP contribution < -0.4 is 0 Å². The molecule has 0 atom stereocenters. The Balaban J connectivity index is 3.06. The van der Waals surface area contributed by atoms with Gasteiger partial charge in [-0.3, -0.25) is 9.89 Å². The number of nitrogens with zero attached hydrogens (tertiary/aromatic N) is 1. The third kappa shape index (κ3) is 1.97. The smallest absolute Gasteiger partial charge is 0.180 e. The van der Waals surface area contributed by atoms with Crippen LogP contribution >= 0.6 is 0 Å². The second kappa shape index (κ2) is 4.21. The van der Waals surface area contributed by atoms with Crippen molar-refractivity contribution in [1.29, 1.82) is 0 Å². The maximum atomic E-state index is 11.2. The Morgan fingerprint density at radius 3 is 2.62 bits per heavy atom. The van der Waals surface area contributed by atoms with E-state index >= 15 is 0 Å². The second-order valence-electron chi connectivity index (χ2n) is 3.19. The Morgan fingerprint density at radius 2 is 2.15 bits per heavy atom. The van der Waals surface area contributed by atoms with Crippen molar-refractivity contribution in [1.82, 2.24) is 10.2 Å². The molecule has 3 heteroatoms. The molecule has 0 aliphatic rings. The topological polar surface area (TPSA) is 45.8 Å². The summed E-state index contributed by atoms with van der Waals surface area (Å²) in [7, 11) is 0. The van der Waals surface area contributed by atoms with Crippen molar-refractivity contribution < 1.29 is 4.79 Å². The van der Waals surface area contributed by atoms with Crippen LogP contribution in [0.1, 0.15) is 48.9 Å². The average Bonchev–Trinajstić information content (AvgIpc) is 2.48. The van der Waals surface area contributed by atoms with E-state index in [1.807, 2.05) is 0 Å². The molecule has 0 unspecified atom stereocenters. The summed E-state index contributed by atoms with van der Waals surface area (Å²) in [5, 5.41) is 6.95. The quantitative estimate of drug-likeness (QED) is 0.721. The predicted molar refractivity (Wildman–Crippen MR) is 52.0 cm³/mol. The van der Waals surface area contributed by atoms with Gasteiger partial charge in [0.05, 0.1) is 0 Å². The van der Waals surface area contributed by atoms with E-state index in [2.05, 4.69) is 24.0 Å². The van der Waals surface area contributed by atoms with Gasteiger partial charge in [0.15, 0.2) is 5.78 Å². The number of aryl methyl sites for hydroxylation is 1. The molecule has 0 radical (unpaired) electrons. The second-order valence-corrected chi connectivity index (χ2v) is 3.19. The van der Waals surface area contributed by atoms with Crippen LogP contribution in [0.2, 0.25) is 0 Å². The molecule has 0 spiro atoms. The van der Waals surface area contributed by atoms with Crippen molar-refractivity contribution in [3.8, 4) is 0 Å². The Bertz CT molecular complexity index is 302. The number of carbonyl (C=O) groups is 1. The van der Waals surface area contributed by atoms with Gasteiger partial charge >= 0.3 is 0 Å². The number of hydrogen-bond donors (Lipinski definition) is 1. The molecule has 3 nitrogen and oxygen atoms in total. The first kappa shape index (κ1) is 9.96. The fourth-order valence-corrected chi connectivity index (χ4v) is 1.50. The number of aromatic amines is 1. The molecular formula is C10H16N2O. The fourth-order valence-electron chi connectivity index (χ4n) is 1.50. The number of nitrogens with one attached hydrogen (secondary N) is 1. The van der Waals surface area contributed by atoms with Crippen LogP contribution in [0, 0.1) is 0 Å². The molecule has 13 heavy (non-hydrogen) atoms. The third-order valence-electron chi connectivity index (χ3n) is 2.14. The van der Waals surface area contributed by atoms with Crippen LogP contribution in [0.25, 0.3) is 0 Å². The maximum Gasteiger partial charge on any atom is 0.180 e. The fraction of sp³-hybridized carbons (Fsp3) is 0.600. The lowest BCUT2D eigenvalue weighted by molar-refractivity contribution is 0.101. The maximum absolute atomic E-state index is 11.2. The Hall–Kier alpha value is -1.12. The molecule has 0 amide bonds. The van der Waals surface area contributed by atoms with Crippen LogP contribution in [-0.2, 0) is 12.8 Å². The van der Waals surface area contributed by atoms with E-state index in [1.54, 1.807) is 6.92 Å². The summed E-state index contributed by atoms with van der Waals surface area (Å²) >= 11 is 0. The molecule has 0 bridgehead atoms. The Kier molecular flexibility index (Phi) is 3.23. The van der Waals surface area contributed by atoms with E-state index in [0.717, 1.165) is 30.5 Å². The molecule has 1 rings (SSSR count). The number of hydrogen-bond acceptors (Lipinski definition) is 2. The van der Waals surface area contributed by atoms with Crippen LogP contribution in [0.3, 0.4) is 0 Å². The van der Waals surface area contributed by atoms with E-state index in [-0.39, 0.29) is 5.78 Å². The number of aromatic nitrogens is 2. The van der Waals surface area contributed by atoms with E-state index in [4.69, 9.17) is 0 Å². The molecule has 0 saturated heterocycles. The van der Waals surface area contributed by atoms with Crippen molar-refractivity contribution in [2.24, 2.45) is 0 Å². The number of Topliss-reactive ketones (excluding diaryl/α,β-unsaturated/α-hetero) is 1. The minimum atomic E-state index is 0.0550. The van der Waals surface area contributed by atoms with Gasteiger partial charge in [-0.25, -0.2) is 0 Å². The van der Waals surface area contributed by atoms with Crippen molar-refractivity contribution in [2.75, 3.05) is 0 Å². The minimum absolute atomic E-state index is 0.0550. The number of H-pyrrole nitrogens is 1. The van der Waals surface area contributed by atoms with Gasteiger partial charge in [-0.1, -0.05) is 20.3 Å². The molecule has 0 aliphatic carbocycles. The molecule has 0 fully saturated rings. The average molecular weight is 180 g/mol. The molecule has 0 saturated carbocycles. The van der Waals surface area contributed by atoms with Crippen LogP contribution in [0.5, 0.6) is 0 Å². The summed E-state index contributed by atoms with van der Waals surface area (Å²) in [4.78, 5) is 11.2. The molecular weight excluding hydrogens is 164 g/mol. The van der Waals surface area contributed by atoms with Gasteiger partial charge in [0.25, 0.3) is 0 Å². The van der Waals surface area contributed by atoms with E-state index < -0.39 is 0 Å². The summed E-state index contributed by atoms with van der Waals surface area (Å²) in [5.41, 5.74) is 2.84. The summed E-state index contributed by atoms with van der Waals surface area (Å²) in [6.07, 6.45) is 2.90. The van der Waals surface area contributed by atoms with E-state index in [1.165, 1.54) is 0 Å². The predicted octanol–water partition coefficient (Wildman–Crippen LogP) is 2.13. The Morgan fingerprint density at radius 1 is 1.46 bits per heavy atom. The molecule has 1 heterocycles. The lowest BCUT2D eigenvalue weighted by Gasteiger charge is -1.99. The highest BCUT2D eigenvalue weighted by molar-refractivity contribution is 5.93. The van der Waals surface area contributed by atoms with Gasteiger partial charge < -0.3 is 0 Å². The highest BCUT2D eigenvalue weighted by atomic mass is 16.1. The van der Waals surface area contributed by atoms with Gasteiger partial charge in [-0.2, -0.15) is 5.10 Å². The third-order valence-corrected chi connectivity index (χ3v) is 2.14. The van der Waals surface area contributed by atoms with E-state index in [9.17, 15) is 4.79 Å². The highest BCUT2D eigenvalue weighted by Crippen LogP contribution is 2.14. The molecule has 0 aliphatic heterocycles. The van der Waals surface area contributed by atoms with Gasteiger partial charge in [0.2, 0.25) is 0 Å². The summed E-state index contributed by atoms with van der Waals surface area (Å²) in [6, 6.07) is 0. The Labute approximate surface area is 78.5 Å². The zero-order valence-electron chi connectivity index (χ0n) is 8.48. The van der Waals surface area contributed by atoms with Gasteiger partial charge in [-0.05, 0) is 12.8 Å². The van der Waals surface area contributed by atoms with Gasteiger partial charge in [-0.15, -0.1) is 0 Å². The zero-order chi connectivity index (χ0) is 9.84.